The fourth-order valence-electron chi connectivity index (χ4n) is 21.9. The molecule has 0 atom stereocenters. The number of rotatable bonds is 15. The molecular weight excluding hydrogens is 1830 g/mol. The van der Waals surface area contributed by atoms with Crippen LogP contribution in [0.5, 0.6) is 0 Å². The van der Waals surface area contributed by atoms with E-state index in [0.29, 0.717) is 17.8 Å². The Bertz CT molecular complexity index is 8660. The highest BCUT2D eigenvalue weighted by Crippen LogP contribution is 2.45. The highest BCUT2D eigenvalue weighted by Gasteiger charge is 2.27. The zero-order valence-corrected chi connectivity index (χ0v) is 80.9. The van der Waals surface area contributed by atoms with Gasteiger partial charge in [-0.1, -0.05) is 376 Å². The third-order valence-electron chi connectivity index (χ3n) is 28.7. The van der Waals surface area contributed by atoms with Gasteiger partial charge in [0.05, 0.1) is 112 Å². The van der Waals surface area contributed by atoms with E-state index in [1.54, 1.807) is 6.20 Å². The standard InChI is InChI=1S/C46H30N4.C45H29N5.C44H28N6/c1-3-15-31(16-4-1)33-27-34(32-17-5-2-6-18-32)29-35(28-33)40-30-45(49-41-23-11-7-19-36(41)37-20-8-12-24-42(37)49)48-46(47-40)50-43-25-13-9-21-38(43)39-22-10-14-26-44(39)50;1-3-15-30(16-4-1)37-27-32(28-38(46-37)31-17-5-2-6-18-31)39-29-44(49-40-23-11-7-19-33(40)34-20-8-12-24-41(34)49)48-45(47-39)50-42-25-13-9-21-35(42)36-22-10-14-26-43(36)50;1-2-14-29(15-3-1)36-26-30(27-38(46-36)35-20-12-13-25-45-35)37-28-43(49-39-21-8-4-16-31(39)32-17-5-9-22-40(32)49)48-44(47-37)50-41-23-10-6-18-33(41)34-19-7-11-24-42(34)50/h1-30H;1-29H;1-28H. The second-order valence-electron chi connectivity index (χ2n) is 37.5. The van der Waals surface area contributed by atoms with Crippen molar-refractivity contribution < 1.29 is 0 Å². The molecule has 702 valence electrons. The monoisotopic (exact) mass is 1920 g/mol. The van der Waals surface area contributed by atoms with Crippen LogP contribution >= 0.6 is 0 Å². The van der Waals surface area contributed by atoms with Crippen molar-refractivity contribution in [3.8, 4) is 136 Å². The molecule has 18 aromatic carbocycles. The first-order valence-electron chi connectivity index (χ1n) is 50.4. The van der Waals surface area contributed by atoms with Crippen LogP contribution in [0.3, 0.4) is 0 Å². The van der Waals surface area contributed by atoms with Gasteiger partial charge in [0.25, 0.3) is 0 Å². The Balaban J connectivity index is 0.000000108. The van der Waals surface area contributed by atoms with Gasteiger partial charge in [-0.3, -0.25) is 32.4 Å². The normalized spacial score (nSPS) is 11.6. The van der Waals surface area contributed by atoms with Crippen LogP contribution in [-0.2, 0) is 0 Å². The molecule has 0 unspecified atom stereocenters. The van der Waals surface area contributed by atoms with Gasteiger partial charge in [-0.2, -0.15) is 15.0 Å². The van der Waals surface area contributed by atoms with Crippen LogP contribution in [0.15, 0.2) is 528 Å². The molecule has 12 aromatic heterocycles. The number of nitrogens with zero attached hydrogens (tertiary/aromatic N) is 15. The second-order valence-corrected chi connectivity index (χ2v) is 37.5. The molecule has 0 N–H and O–H groups in total. The molecule has 0 aliphatic heterocycles. The van der Waals surface area contributed by atoms with Crippen LogP contribution in [0.2, 0.25) is 0 Å². The summed E-state index contributed by atoms with van der Waals surface area (Å²) >= 11 is 0. The molecule has 0 fully saturated rings. The minimum absolute atomic E-state index is 0.592. The van der Waals surface area contributed by atoms with Gasteiger partial charge in [-0.25, -0.2) is 24.9 Å². The molecule has 15 nitrogen and oxygen atoms in total. The summed E-state index contributed by atoms with van der Waals surface area (Å²) in [6, 6.07) is 182. The number of benzene rings is 18. The maximum Gasteiger partial charge on any atom is 0.237 e. The Morgan fingerprint density at radius 2 is 0.300 bits per heavy atom. The lowest BCUT2D eigenvalue weighted by Crippen LogP contribution is -2.07. The Labute approximate surface area is 861 Å². The van der Waals surface area contributed by atoms with Crippen LogP contribution in [0, 0.1) is 0 Å². The summed E-state index contributed by atoms with van der Waals surface area (Å²) < 4.78 is 13.4. The van der Waals surface area contributed by atoms with Crippen molar-refractivity contribution in [1.82, 2.24) is 72.3 Å². The fraction of sp³-hybridized carbons (Fsp3) is 0. The van der Waals surface area contributed by atoms with Crippen LogP contribution in [0.25, 0.3) is 267 Å². The lowest BCUT2D eigenvalue weighted by atomic mass is 9.95. The van der Waals surface area contributed by atoms with Crippen LogP contribution < -0.4 is 0 Å². The third kappa shape index (κ3) is 15.4. The summed E-state index contributed by atoms with van der Waals surface area (Å²) in [4.78, 5) is 47.3. The van der Waals surface area contributed by atoms with Crippen molar-refractivity contribution in [1.29, 1.82) is 0 Å². The highest BCUT2D eigenvalue weighted by molar-refractivity contribution is 6.15. The second kappa shape index (κ2) is 37.0. The zero-order valence-electron chi connectivity index (χ0n) is 80.9. The molecule has 0 amide bonds. The van der Waals surface area contributed by atoms with Crippen molar-refractivity contribution in [3.05, 3.63) is 528 Å². The Morgan fingerprint density at radius 3 is 0.540 bits per heavy atom. The lowest BCUT2D eigenvalue weighted by molar-refractivity contribution is 0.951. The van der Waals surface area contributed by atoms with E-state index in [1.165, 1.54) is 43.1 Å². The predicted molar refractivity (Wildman–Crippen MR) is 614 cm³/mol. The number of para-hydroxylation sites is 12. The zero-order chi connectivity index (χ0) is 99.1. The largest absolute Gasteiger partial charge is 0.294 e. The Hall–Kier alpha value is -20.6. The third-order valence-corrected chi connectivity index (χ3v) is 28.7. The smallest absolute Gasteiger partial charge is 0.237 e. The number of aromatic nitrogens is 15. The van der Waals surface area contributed by atoms with Crippen molar-refractivity contribution in [3.63, 3.8) is 0 Å². The van der Waals surface area contributed by atoms with Gasteiger partial charge >= 0.3 is 0 Å². The summed E-state index contributed by atoms with van der Waals surface area (Å²) in [6.07, 6.45) is 1.80. The lowest BCUT2D eigenvalue weighted by Gasteiger charge is -2.15. The Morgan fingerprint density at radius 1 is 0.113 bits per heavy atom. The van der Waals surface area contributed by atoms with E-state index in [-0.39, 0.29) is 0 Å². The summed E-state index contributed by atoms with van der Waals surface area (Å²) in [7, 11) is 0. The fourth-order valence-corrected chi connectivity index (χ4v) is 21.9. The van der Waals surface area contributed by atoms with E-state index < -0.39 is 0 Å². The quantitative estimate of drug-likeness (QED) is 0.0979. The molecular formula is C135H87N15. The molecule has 12 heterocycles. The van der Waals surface area contributed by atoms with E-state index in [0.717, 1.165) is 206 Å². The van der Waals surface area contributed by atoms with Gasteiger partial charge < -0.3 is 0 Å². The molecule has 150 heavy (non-hydrogen) atoms. The maximum absolute atomic E-state index is 5.42. The molecule has 0 aliphatic carbocycles. The molecule has 0 aliphatic rings. The molecule has 15 heteroatoms. The van der Waals surface area contributed by atoms with Crippen LogP contribution in [0.1, 0.15) is 0 Å². The summed E-state index contributed by atoms with van der Waals surface area (Å²) in [5, 5.41) is 14.1. The Kier molecular flexibility index (Phi) is 21.5. The average Bonchev–Trinajstić information content (AvgIpc) is 1.58. The van der Waals surface area contributed by atoms with Crippen LogP contribution in [-0.4, -0.2) is 72.3 Å². The first-order chi connectivity index (χ1) is 74.4. The van der Waals surface area contributed by atoms with E-state index in [4.69, 9.17) is 39.9 Å². The van der Waals surface area contributed by atoms with Gasteiger partial charge in [-0.15, -0.1) is 0 Å². The van der Waals surface area contributed by atoms with Crippen molar-refractivity contribution in [2.45, 2.75) is 0 Å². The van der Waals surface area contributed by atoms with E-state index >= 15 is 0 Å². The summed E-state index contributed by atoms with van der Waals surface area (Å²) in [6.45, 7) is 0. The van der Waals surface area contributed by atoms with Gasteiger partial charge in [-0.05, 0) is 150 Å². The molecule has 0 bridgehead atoms. The average molecular weight is 1920 g/mol. The number of hydrogen-bond acceptors (Lipinski definition) is 9. The molecule has 0 saturated carbocycles. The molecule has 30 rings (SSSR count). The first kappa shape index (κ1) is 87.3. The van der Waals surface area contributed by atoms with Gasteiger partial charge in [0.1, 0.15) is 17.5 Å². The maximum atomic E-state index is 5.42. The molecule has 0 saturated heterocycles. The van der Waals surface area contributed by atoms with E-state index in [9.17, 15) is 0 Å². The minimum atomic E-state index is 0.592. The predicted octanol–water partition coefficient (Wildman–Crippen LogP) is 33.2. The minimum Gasteiger partial charge on any atom is -0.294 e. The van der Waals surface area contributed by atoms with Crippen molar-refractivity contribution >= 4 is 131 Å². The molecule has 0 radical (unpaired) electrons. The molecule has 0 spiro atoms. The topological polar surface area (TPSA) is 146 Å². The summed E-state index contributed by atoms with van der Waals surface area (Å²) in [5.74, 6) is 4.22. The number of fused-ring (bicyclic) bond motifs is 18. The number of hydrogen-bond donors (Lipinski definition) is 0. The summed E-state index contributed by atoms with van der Waals surface area (Å²) in [5.41, 5.74) is 30.2. The van der Waals surface area contributed by atoms with Gasteiger partial charge in [0, 0.05) is 122 Å². The van der Waals surface area contributed by atoms with E-state index in [2.05, 4.69) is 506 Å². The SMILES string of the molecule is c1ccc(-c2cc(-c3cc(-n4c5ccccc5c5ccccc54)nc(-n4c5ccccc5c5ccccc54)n3)cc(-c3ccccc3)n2)cc1.c1ccc(-c2cc(-c3cc(-n4c5ccccc5c5ccccc54)nc(-n4c5ccccc5c5ccccc54)n3)cc(-c3ccccn3)n2)cc1.c1ccc(-c2cc(-c3ccccc3)cc(-c3cc(-n4c5ccccc5c5ccccc54)nc(-n4c5ccccc5c5ccccc54)n3)c2)cc1. The highest BCUT2D eigenvalue weighted by atomic mass is 15.2. The van der Waals surface area contributed by atoms with Crippen LogP contribution in [0.4, 0.5) is 0 Å². The van der Waals surface area contributed by atoms with Crippen molar-refractivity contribution in [2.75, 3.05) is 0 Å². The number of pyridine rings is 3. The van der Waals surface area contributed by atoms with Gasteiger partial charge in [0.15, 0.2) is 0 Å². The van der Waals surface area contributed by atoms with E-state index in [1.807, 2.05) is 48.5 Å². The van der Waals surface area contributed by atoms with Crippen molar-refractivity contribution in [2.24, 2.45) is 0 Å². The molecule has 30 aromatic rings. The first-order valence-corrected chi connectivity index (χ1v) is 50.4. The van der Waals surface area contributed by atoms with Gasteiger partial charge in [0.2, 0.25) is 17.8 Å².